The van der Waals surface area contributed by atoms with E-state index in [4.69, 9.17) is 14.5 Å². The lowest BCUT2D eigenvalue weighted by molar-refractivity contribution is -0.118. The van der Waals surface area contributed by atoms with Crippen LogP contribution in [-0.2, 0) is 4.79 Å². The maximum absolute atomic E-state index is 11.9. The van der Waals surface area contributed by atoms with E-state index in [1.165, 1.54) is 12.8 Å². The SMILES string of the molecule is COc1ccc(N=c2scc(-c3ccc4c(c3)NC(=O)CO4)n2C2CCCC(C)C2C)cc1. The number of aromatic nitrogens is 1. The lowest BCUT2D eigenvalue weighted by atomic mass is 9.78. The number of fused-ring (bicyclic) bond motifs is 1. The van der Waals surface area contributed by atoms with Crippen LogP contribution >= 0.6 is 11.3 Å². The molecule has 1 amide bonds. The maximum Gasteiger partial charge on any atom is 0.262 e. The normalized spacial score (nSPS) is 22.9. The summed E-state index contributed by atoms with van der Waals surface area (Å²) >= 11 is 1.66. The van der Waals surface area contributed by atoms with E-state index in [0.717, 1.165) is 39.6 Å². The maximum atomic E-state index is 11.9. The second-order valence-electron chi connectivity index (χ2n) is 8.97. The lowest BCUT2D eigenvalue weighted by Gasteiger charge is -2.36. The Kier molecular flexibility index (Phi) is 5.98. The van der Waals surface area contributed by atoms with Crippen molar-refractivity contribution in [3.8, 4) is 22.8 Å². The number of thiazole rings is 1. The first kappa shape index (κ1) is 21.8. The topological polar surface area (TPSA) is 64.8 Å². The molecular weight excluding hydrogens is 434 g/mol. The average Bonchev–Trinajstić information content (AvgIpc) is 3.24. The van der Waals surface area contributed by atoms with Gasteiger partial charge in [-0.2, -0.15) is 0 Å². The highest BCUT2D eigenvalue weighted by molar-refractivity contribution is 7.07. The Morgan fingerprint density at radius 1 is 1.15 bits per heavy atom. The Bertz CT molecular complexity index is 1230. The van der Waals surface area contributed by atoms with Crippen LogP contribution in [0.4, 0.5) is 11.4 Å². The van der Waals surface area contributed by atoms with Gasteiger partial charge in [-0.15, -0.1) is 11.3 Å². The van der Waals surface area contributed by atoms with Gasteiger partial charge in [-0.3, -0.25) is 4.79 Å². The Morgan fingerprint density at radius 3 is 2.76 bits per heavy atom. The van der Waals surface area contributed by atoms with Crippen molar-refractivity contribution in [1.82, 2.24) is 4.57 Å². The number of rotatable bonds is 4. The van der Waals surface area contributed by atoms with Crippen LogP contribution in [0.25, 0.3) is 11.3 Å². The Labute approximate surface area is 197 Å². The predicted octanol–water partition coefficient (Wildman–Crippen LogP) is 5.79. The molecule has 172 valence electrons. The molecule has 1 N–H and O–H groups in total. The Morgan fingerprint density at radius 2 is 1.97 bits per heavy atom. The first-order valence-electron chi connectivity index (χ1n) is 11.5. The second kappa shape index (κ2) is 9.06. The highest BCUT2D eigenvalue weighted by Gasteiger charge is 2.31. The van der Waals surface area contributed by atoms with Gasteiger partial charge in [0, 0.05) is 17.0 Å². The molecule has 3 aromatic rings. The summed E-state index contributed by atoms with van der Waals surface area (Å²) in [6, 6.07) is 14.3. The van der Waals surface area contributed by atoms with E-state index in [1.807, 2.05) is 36.4 Å². The van der Waals surface area contributed by atoms with Crippen molar-refractivity contribution in [2.24, 2.45) is 16.8 Å². The first-order chi connectivity index (χ1) is 16.0. The summed E-state index contributed by atoms with van der Waals surface area (Å²) in [6.07, 6.45) is 3.62. The van der Waals surface area contributed by atoms with E-state index in [-0.39, 0.29) is 12.5 Å². The highest BCUT2D eigenvalue weighted by atomic mass is 32.1. The average molecular weight is 464 g/mol. The molecule has 1 fully saturated rings. The van der Waals surface area contributed by atoms with Crippen LogP contribution in [0.5, 0.6) is 11.5 Å². The van der Waals surface area contributed by atoms with Crippen molar-refractivity contribution >= 4 is 28.6 Å². The lowest BCUT2D eigenvalue weighted by Crippen LogP contribution is -2.32. The molecule has 3 atom stereocenters. The van der Waals surface area contributed by atoms with Crippen LogP contribution < -0.4 is 19.6 Å². The molecule has 1 aliphatic carbocycles. The number of hydrogen-bond donors (Lipinski definition) is 1. The summed E-state index contributed by atoms with van der Waals surface area (Å²) in [7, 11) is 1.67. The van der Waals surface area contributed by atoms with Crippen LogP contribution in [0.15, 0.2) is 52.8 Å². The zero-order valence-corrected chi connectivity index (χ0v) is 20.0. The molecule has 2 aromatic carbocycles. The quantitative estimate of drug-likeness (QED) is 0.533. The van der Waals surface area contributed by atoms with Crippen LogP contribution in [0.1, 0.15) is 39.2 Å². The van der Waals surface area contributed by atoms with Crippen molar-refractivity contribution in [1.29, 1.82) is 0 Å². The third kappa shape index (κ3) is 4.29. The molecular formula is C26H29N3O3S. The molecule has 1 aromatic heterocycles. The molecule has 2 aliphatic rings. The van der Waals surface area contributed by atoms with Crippen molar-refractivity contribution in [2.45, 2.75) is 39.2 Å². The smallest absolute Gasteiger partial charge is 0.262 e. The molecule has 3 unspecified atom stereocenters. The molecule has 0 saturated heterocycles. The van der Waals surface area contributed by atoms with Crippen LogP contribution in [-0.4, -0.2) is 24.2 Å². The van der Waals surface area contributed by atoms with Gasteiger partial charge in [-0.25, -0.2) is 4.99 Å². The third-order valence-corrected chi connectivity index (χ3v) is 7.78. The molecule has 2 heterocycles. The second-order valence-corrected chi connectivity index (χ2v) is 9.80. The fourth-order valence-electron chi connectivity index (χ4n) is 4.86. The Hall–Kier alpha value is -3.06. The van der Waals surface area contributed by atoms with Gasteiger partial charge in [0.25, 0.3) is 5.91 Å². The Balaban J connectivity index is 1.63. The van der Waals surface area contributed by atoms with Gasteiger partial charge >= 0.3 is 0 Å². The highest BCUT2D eigenvalue weighted by Crippen LogP contribution is 2.41. The number of carbonyl (C=O) groups excluding carboxylic acids is 1. The molecule has 33 heavy (non-hydrogen) atoms. The predicted molar refractivity (Wildman–Crippen MR) is 131 cm³/mol. The monoisotopic (exact) mass is 463 g/mol. The van der Waals surface area contributed by atoms with E-state index in [0.29, 0.717) is 23.6 Å². The van der Waals surface area contributed by atoms with E-state index >= 15 is 0 Å². The molecule has 1 saturated carbocycles. The van der Waals surface area contributed by atoms with Crippen molar-refractivity contribution in [2.75, 3.05) is 19.0 Å². The summed E-state index contributed by atoms with van der Waals surface area (Å²) in [5.74, 6) is 2.61. The van der Waals surface area contributed by atoms with Crippen LogP contribution in [0, 0.1) is 11.8 Å². The van der Waals surface area contributed by atoms with Gasteiger partial charge in [0.15, 0.2) is 11.4 Å². The summed E-state index contributed by atoms with van der Waals surface area (Å²) in [5, 5.41) is 5.12. The van der Waals surface area contributed by atoms with Crippen molar-refractivity contribution in [3.63, 3.8) is 0 Å². The van der Waals surface area contributed by atoms with Gasteiger partial charge in [0.2, 0.25) is 0 Å². The van der Waals surface area contributed by atoms with Gasteiger partial charge < -0.3 is 19.4 Å². The number of hydrogen-bond acceptors (Lipinski definition) is 5. The van der Waals surface area contributed by atoms with Gasteiger partial charge in [-0.05, 0) is 60.7 Å². The molecule has 0 radical (unpaired) electrons. The molecule has 0 spiro atoms. The molecule has 6 nitrogen and oxygen atoms in total. The third-order valence-electron chi connectivity index (χ3n) is 6.94. The number of nitrogens with zero attached hydrogens (tertiary/aromatic N) is 2. The van der Waals surface area contributed by atoms with E-state index in [2.05, 4.69) is 35.2 Å². The molecule has 5 rings (SSSR count). The van der Waals surface area contributed by atoms with E-state index < -0.39 is 0 Å². The zero-order valence-electron chi connectivity index (χ0n) is 19.2. The molecule has 0 bridgehead atoms. The van der Waals surface area contributed by atoms with Crippen molar-refractivity contribution < 1.29 is 14.3 Å². The summed E-state index contributed by atoms with van der Waals surface area (Å²) in [6.45, 7) is 4.78. The minimum absolute atomic E-state index is 0.0627. The molecule has 1 aliphatic heterocycles. The zero-order chi connectivity index (χ0) is 22.9. The van der Waals surface area contributed by atoms with E-state index in [9.17, 15) is 4.79 Å². The van der Waals surface area contributed by atoms with Gasteiger partial charge in [0.05, 0.1) is 24.2 Å². The van der Waals surface area contributed by atoms with Crippen LogP contribution in [0.3, 0.4) is 0 Å². The van der Waals surface area contributed by atoms with Gasteiger partial charge in [0.1, 0.15) is 11.5 Å². The van der Waals surface area contributed by atoms with E-state index in [1.54, 1.807) is 18.4 Å². The number of nitrogens with one attached hydrogen (secondary N) is 1. The number of methoxy groups -OCH3 is 1. The fourth-order valence-corrected chi connectivity index (χ4v) is 5.83. The number of amides is 1. The summed E-state index contributed by atoms with van der Waals surface area (Å²) in [4.78, 5) is 17.9. The number of carbonyl (C=O) groups is 1. The number of ether oxygens (including phenoxy) is 2. The summed E-state index contributed by atoms with van der Waals surface area (Å²) < 4.78 is 13.3. The minimum atomic E-state index is -0.122. The fraction of sp³-hybridized carbons (Fsp3) is 0.385. The van der Waals surface area contributed by atoms with Crippen molar-refractivity contribution in [3.05, 3.63) is 52.6 Å². The molecule has 7 heteroatoms. The number of benzene rings is 2. The standard InChI is InChI=1S/C26H29N3O3S/c1-16-5-4-6-22(17(16)2)29-23(18-7-12-24-21(13-18)28-25(30)14-32-24)15-33-26(29)27-19-8-10-20(31-3)11-9-19/h7-13,15-17,22H,4-6,14H2,1-3H3,(H,28,30). The minimum Gasteiger partial charge on any atom is -0.497 e. The number of anilines is 1. The summed E-state index contributed by atoms with van der Waals surface area (Å²) in [5.41, 5.74) is 3.80. The largest absolute Gasteiger partial charge is 0.497 e. The van der Waals surface area contributed by atoms with Crippen LogP contribution in [0.2, 0.25) is 0 Å². The van der Waals surface area contributed by atoms with Gasteiger partial charge in [-0.1, -0.05) is 26.7 Å². The first-order valence-corrected chi connectivity index (χ1v) is 12.4.